The van der Waals surface area contributed by atoms with Crippen LogP contribution in [0.25, 0.3) is 11.3 Å². The number of nitrogens with zero attached hydrogens (tertiary/aromatic N) is 1. The summed E-state index contributed by atoms with van der Waals surface area (Å²) in [6, 6.07) is 9.91. The van der Waals surface area contributed by atoms with E-state index >= 15 is 0 Å². The van der Waals surface area contributed by atoms with E-state index in [-0.39, 0.29) is 0 Å². The molecule has 1 aromatic carbocycles. The van der Waals surface area contributed by atoms with Crippen LogP contribution in [0.4, 0.5) is 13.2 Å². The van der Waals surface area contributed by atoms with E-state index in [1.165, 1.54) is 6.07 Å². The van der Waals surface area contributed by atoms with Gasteiger partial charge in [-0.25, -0.2) is 0 Å². The van der Waals surface area contributed by atoms with E-state index in [4.69, 9.17) is 0 Å². The smallest absolute Gasteiger partial charge is 0.256 e. The molecule has 0 fully saturated rings. The van der Waals surface area contributed by atoms with Gasteiger partial charge in [-0.3, -0.25) is 4.98 Å². The topological polar surface area (TPSA) is 12.9 Å². The van der Waals surface area contributed by atoms with Crippen LogP contribution >= 0.6 is 0 Å². The molecule has 1 heterocycles. The number of alkyl halides is 3. The molecule has 0 aliphatic heterocycles. The van der Waals surface area contributed by atoms with Gasteiger partial charge in [0.05, 0.1) is 11.3 Å². The third-order valence-corrected chi connectivity index (χ3v) is 2.40. The lowest BCUT2D eigenvalue weighted by molar-refractivity contribution is -0.137. The maximum atomic E-state index is 12.3. The maximum Gasteiger partial charge on any atom is 0.417 e. The summed E-state index contributed by atoms with van der Waals surface area (Å²) in [6.07, 6.45) is -3.48. The monoisotopic (exact) mass is 237 g/mol. The number of benzene rings is 1. The first kappa shape index (κ1) is 11.6. The Morgan fingerprint density at radius 1 is 1.06 bits per heavy atom. The van der Waals surface area contributed by atoms with Gasteiger partial charge >= 0.3 is 6.18 Å². The van der Waals surface area contributed by atoms with E-state index in [2.05, 4.69) is 4.98 Å². The molecule has 0 saturated carbocycles. The summed E-state index contributed by atoms with van der Waals surface area (Å²) >= 11 is 0. The number of aryl methyl sites for hydroxylation is 1. The fourth-order valence-corrected chi connectivity index (χ4v) is 1.54. The van der Waals surface area contributed by atoms with Crippen molar-refractivity contribution in [3.05, 3.63) is 53.7 Å². The largest absolute Gasteiger partial charge is 0.417 e. The fraction of sp³-hybridized carbons (Fsp3) is 0.154. The fourth-order valence-electron chi connectivity index (χ4n) is 1.54. The van der Waals surface area contributed by atoms with Crippen molar-refractivity contribution < 1.29 is 13.2 Å². The van der Waals surface area contributed by atoms with Crippen molar-refractivity contribution >= 4 is 0 Å². The third kappa shape index (κ3) is 2.64. The Kier molecular flexibility index (Phi) is 2.88. The quantitative estimate of drug-likeness (QED) is 0.728. The predicted molar refractivity (Wildman–Crippen MR) is 59.4 cm³/mol. The van der Waals surface area contributed by atoms with Gasteiger partial charge in [0.2, 0.25) is 0 Å². The molecule has 1 nitrogen and oxygen atoms in total. The van der Waals surface area contributed by atoms with Crippen LogP contribution in [0.1, 0.15) is 11.1 Å². The van der Waals surface area contributed by atoms with Crippen LogP contribution in [0, 0.1) is 6.92 Å². The standard InChI is InChI=1S/C13H10F3N/c1-9-3-2-4-10(7-9)12-6-5-11(8-17-12)13(14,15)16/h2-8H,1H3. The van der Waals surface area contributed by atoms with E-state index in [1.54, 1.807) is 0 Å². The first-order chi connectivity index (χ1) is 7.97. The zero-order valence-electron chi connectivity index (χ0n) is 9.12. The van der Waals surface area contributed by atoms with Crippen molar-refractivity contribution in [3.8, 4) is 11.3 Å². The molecule has 88 valence electrons. The Bertz CT molecular complexity index is 515. The van der Waals surface area contributed by atoms with Gasteiger partial charge in [0.15, 0.2) is 0 Å². The Morgan fingerprint density at radius 2 is 1.82 bits per heavy atom. The molecule has 0 radical (unpaired) electrons. The highest BCUT2D eigenvalue weighted by molar-refractivity contribution is 5.59. The van der Waals surface area contributed by atoms with Crippen molar-refractivity contribution in [1.82, 2.24) is 4.98 Å². The number of pyridine rings is 1. The minimum absolute atomic E-state index is 0.543. The number of aromatic nitrogens is 1. The molecule has 2 rings (SSSR count). The van der Waals surface area contributed by atoms with Crippen molar-refractivity contribution in [2.45, 2.75) is 13.1 Å². The van der Waals surface area contributed by atoms with Gasteiger partial charge in [-0.1, -0.05) is 23.8 Å². The van der Waals surface area contributed by atoms with E-state index in [0.29, 0.717) is 5.69 Å². The number of hydrogen-bond donors (Lipinski definition) is 0. The third-order valence-electron chi connectivity index (χ3n) is 2.40. The maximum absolute atomic E-state index is 12.3. The zero-order chi connectivity index (χ0) is 12.5. The molecule has 0 atom stereocenters. The summed E-state index contributed by atoms with van der Waals surface area (Å²) in [4.78, 5) is 3.84. The molecular weight excluding hydrogens is 227 g/mol. The lowest BCUT2D eigenvalue weighted by Gasteiger charge is -2.07. The lowest BCUT2D eigenvalue weighted by atomic mass is 10.1. The van der Waals surface area contributed by atoms with Gasteiger partial charge in [0, 0.05) is 11.8 Å². The van der Waals surface area contributed by atoms with E-state index < -0.39 is 11.7 Å². The molecular formula is C13H10F3N. The van der Waals surface area contributed by atoms with Crippen LogP contribution in [0.3, 0.4) is 0 Å². The minimum Gasteiger partial charge on any atom is -0.256 e. The Hall–Kier alpha value is -1.84. The number of rotatable bonds is 1. The van der Waals surface area contributed by atoms with Crippen LogP contribution in [-0.4, -0.2) is 4.98 Å². The summed E-state index contributed by atoms with van der Waals surface area (Å²) < 4.78 is 37.0. The summed E-state index contributed by atoms with van der Waals surface area (Å²) in [6.45, 7) is 1.92. The van der Waals surface area contributed by atoms with Gasteiger partial charge in [-0.15, -0.1) is 0 Å². The van der Waals surface area contributed by atoms with E-state index in [1.807, 2.05) is 31.2 Å². The first-order valence-corrected chi connectivity index (χ1v) is 5.07. The normalized spacial score (nSPS) is 11.5. The van der Waals surface area contributed by atoms with Gasteiger partial charge in [0.25, 0.3) is 0 Å². The molecule has 0 spiro atoms. The summed E-state index contributed by atoms with van der Waals surface area (Å²) in [5.74, 6) is 0. The predicted octanol–water partition coefficient (Wildman–Crippen LogP) is 4.08. The highest BCUT2D eigenvalue weighted by Crippen LogP contribution is 2.29. The Morgan fingerprint density at radius 3 is 2.35 bits per heavy atom. The SMILES string of the molecule is Cc1cccc(-c2ccc(C(F)(F)F)cn2)c1. The molecule has 0 N–H and O–H groups in total. The molecule has 0 unspecified atom stereocenters. The van der Waals surface area contributed by atoms with Crippen molar-refractivity contribution in [2.24, 2.45) is 0 Å². The molecule has 0 aliphatic rings. The Balaban J connectivity index is 2.36. The second kappa shape index (κ2) is 4.20. The van der Waals surface area contributed by atoms with Crippen LogP contribution in [0.5, 0.6) is 0 Å². The molecule has 0 amide bonds. The highest BCUT2D eigenvalue weighted by Gasteiger charge is 2.30. The van der Waals surface area contributed by atoms with Crippen molar-refractivity contribution in [1.29, 1.82) is 0 Å². The molecule has 4 heteroatoms. The van der Waals surface area contributed by atoms with Gasteiger partial charge in [-0.2, -0.15) is 13.2 Å². The van der Waals surface area contributed by atoms with Crippen LogP contribution in [-0.2, 0) is 6.18 Å². The second-order valence-corrected chi connectivity index (χ2v) is 3.80. The highest BCUT2D eigenvalue weighted by atomic mass is 19.4. The van der Waals surface area contributed by atoms with E-state index in [9.17, 15) is 13.2 Å². The van der Waals surface area contributed by atoms with Crippen molar-refractivity contribution in [3.63, 3.8) is 0 Å². The van der Waals surface area contributed by atoms with Gasteiger partial charge < -0.3 is 0 Å². The minimum atomic E-state index is -4.34. The summed E-state index contributed by atoms with van der Waals surface area (Å²) in [5, 5.41) is 0. The lowest BCUT2D eigenvalue weighted by Crippen LogP contribution is -2.05. The first-order valence-electron chi connectivity index (χ1n) is 5.07. The Labute approximate surface area is 96.9 Å². The van der Waals surface area contributed by atoms with Gasteiger partial charge in [0.1, 0.15) is 0 Å². The molecule has 0 saturated heterocycles. The summed E-state index contributed by atoms with van der Waals surface area (Å²) in [5.41, 5.74) is 1.68. The molecule has 17 heavy (non-hydrogen) atoms. The average molecular weight is 237 g/mol. The second-order valence-electron chi connectivity index (χ2n) is 3.80. The number of hydrogen-bond acceptors (Lipinski definition) is 1. The summed E-state index contributed by atoms with van der Waals surface area (Å²) in [7, 11) is 0. The van der Waals surface area contributed by atoms with Gasteiger partial charge in [-0.05, 0) is 25.1 Å². The van der Waals surface area contributed by atoms with Crippen molar-refractivity contribution in [2.75, 3.05) is 0 Å². The van der Waals surface area contributed by atoms with Crippen LogP contribution < -0.4 is 0 Å². The van der Waals surface area contributed by atoms with E-state index in [0.717, 1.165) is 23.4 Å². The van der Waals surface area contributed by atoms with Crippen LogP contribution in [0.15, 0.2) is 42.6 Å². The molecule has 1 aromatic heterocycles. The average Bonchev–Trinajstić information content (AvgIpc) is 2.28. The number of halogens is 3. The zero-order valence-corrected chi connectivity index (χ0v) is 9.12. The molecule has 2 aromatic rings. The molecule has 0 bridgehead atoms. The molecule has 0 aliphatic carbocycles. The van der Waals surface area contributed by atoms with Crippen LogP contribution in [0.2, 0.25) is 0 Å².